The number of fused-ring (bicyclic) bond motifs is 1. The molecule has 3 aliphatic heterocycles. The van der Waals surface area contributed by atoms with Gasteiger partial charge in [0, 0.05) is 23.9 Å². The van der Waals surface area contributed by atoms with Gasteiger partial charge in [-0.05, 0) is 50.5 Å². The molecule has 2 unspecified atom stereocenters. The highest BCUT2D eigenvalue weighted by molar-refractivity contribution is 6.30. The van der Waals surface area contributed by atoms with Crippen LogP contribution in [0.2, 0.25) is 5.02 Å². The predicted octanol–water partition coefficient (Wildman–Crippen LogP) is 1.60. The zero-order valence-electron chi connectivity index (χ0n) is 16.7. The molecule has 3 aliphatic rings. The third-order valence-corrected chi connectivity index (χ3v) is 6.53. The summed E-state index contributed by atoms with van der Waals surface area (Å²) >= 11 is 5.92. The highest BCUT2D eigenvalue weighted by Gasteiger charge is 2.74. The first kappa shape index (κ1) is 21.1. The molecule has 2 bridgehead atoms. The van der Waals surface area contributed by atoms with Gasteiger partial charge < -0.3 is 24.8 Å². The van der Waals surface area contributed by atoms with E-state index in [4.69, 9.17) is 21.1 Å². The van der Waals surface area contributed by atoms with Gasteiger partial charge in [0.15, 0.2) is 0 Å². The second-order valence-electron chi connectivity index (χ2n) is 7.91. The standard InChI is InChI=1S/C21H25ClN2O6/c1-2-29-20(28)15-14-8-9-21(30-14)16(15)19(27)24(10-3-11-25)17(21)18(26)23-13-6-4-12(22)5-7-13/h4-7,14-17,25H,2-3,8-11H2,1H3,(H,23,26)/t14-,15+,16-,17?,21?/m0/s1. The van der Waals surface area contributed by atoms with Crippen LogP contribution in [0.4, 0.5) is 5.69 Å². The fraction of sp³-hybridized carbons (Fsp3) is 0.571. The first-order valence-corrected chi connectivity index (χ1v) is 10.6. The normalized spacial score (nSPS) is 31.7. The lowest BCUT2D eigenvalue weighted by Gasteiger charge is -2.33. The number of likely N-dealkylation sites (tertiary alicyclic amines) is 1. The van der Waals surface area contributed by atoms with Crippen LogP contribution >= 0.6 is 11.6 Å². The Labute approximate surface area is 179 Å². The van der Waals surface area contributed by atoms with Crippen molar-refractivity contribution in [3.8, 4) is 0 Å². The molecular weight excluding hydrogens is 412 g/mol. The van der Waals surface area contributed by atoms with Crippen LogP contribution in [0.1, 0.15) is 26.2 Å². The van der Waals surface area contributed by atoms with E-state index in [0.29, 0.717) is 30.0 Å². The predicted molar refractivity (Wildman–Crippen MR) is 108 cm³/mol. The molecule has 1 aromatic rings. The van der Waals surface area contributed by atoms with Gasteiger partial charge in [-0.15, -0.1) is 0 Å². The van der Waals surface area contributed by atoms with E-state index in [-0.39, 0.29) is 31.6 Å². The Bertz CT molecular complexity index is 846. The van der Waals surface area contributed by atoms with Crippen molar-refractivity contribution in [2.75, 3.05) is 25.1 Å². The Kier molecular flexibility index (Phi) is 5.74. The summed E-state index contributed by atoms with van der Waals surface area (Å²) in [5.41, 5.74) is -0.515. The highest BCUT2D eigenvalue weighted by atomic mass is 35.5. The van der Waals surface area contributed by atoms with Gasteiger partial charge in [-0.2, -0.15) is 0 Å². The number of esters is 1. The lowest BCUT2D eigenvalue weighted by atomic mass is 9.71. The number of benzene rings is 1. The third kappa shape index (κ3) is 3.27. The third-order valence-electron chi connectivity index (χ3n) is 6.28. The zero-order chi connectivity index (χ0) is 21.5. The van der Waals surface area contributed by atoms with Crippen molar-refractivity contribution in [3.63, 3.8) is 0 Å². The quantitative estimate of drug-likeness (QED) is 0.629. The Morgan fingerprint density at radius 1 is 1.37 bits per heavy atom. The number of aliphatic hydroxyl groups is 1. The molecule has 0 aromatic heterocycles. The molecule has 3 heterocycles. The van der Waals surface area contributed by atoms with E-state index < -0.39 is 35.6 Å². The van der Waals surface area contributed by atoms with Crippen LogP contribution in [0.15, 0.2) is 24.3 Å². The van der Waals surface area contributed by atoms with E-state index in [1.54, 1.807) is 31.2 Å². The molecule has 3 saturated heterocycles. The summed E-state index contributed by atoms with van der Waals surface area (Å²) in [5, 5.41) is 12.7. The van der Waals surface area contributed by atoms with Gasteiger partial charge in [0.25, 0.3) is 0 Å². The van der Waals surface area contributed by atoms with Crippen LogP contribution in [0.5, 0.6) is 0 Å². The van der Waals surface area contributed by atoms with Gasteiger partial charge in [-0.3, -0.25) is 14.4 Å². The van der Waals surface area contributed by atoms with E-state index in [0.717, 1.165) is 0 Å². The molecule has 9 heteroatoms. The second-order valence-corrected chi connectivity index (χ2v) is 8.35. The van der Waals surface area contributed by atoms with Crippen molar-refractivity contribution >= 4 is 35.1 Å². The number of aliphatic hydroxyl groups excluding tert-OH is 1. The number of anilines is 1. The number of hydrogen-bond donors (Lipinski definition) is 2. The minimum atomic E-state index is -1.06. The number of carbonyl (C=O) groups excluding carboxylic acids is 3. The summed E-state index contributed by atoms with van der Waals surface area (Å²) in [6.45, 7) is 2.02. The number of rotatable bonds is 7. The SMILES string of the molecule is CCOC(=O)[C@@H]1[C@@H]2CCC3(O2)C(C(=O)Nc2ccc(Cl)cc2)N(CCCO)C(=O)[C@H]13. The van der Waals surface area contributed by atoms with Crippen molar-refractivity contribution in [1.29, 1.82) is 0 Å². The average Bonchev–Trinajstić information content (AvgIpc) is 3.35. The molecule has 1 aromatic carbocycles. The van der Waals surface area contributed by atoms with E-state index in [9.17, 15) is 19.5 Å². The van der Waals surface area contributed by atoms with Gasteiger partial charge in [0.2, 0.25) is 11.8 Å². The molecule has 0 saturated carbocycles. The average molecular weight is 437 g/mol. The lowest BCUT2D eigenvalue weighted by molar-refractivity contribution is -0.154. The van der Waals surface area contributed by atoms with Crippen molar-refractivity contribution in [2.45, 2.75) is 43.9 Å². The van der Waals surface area contributed by atoms with E-state index in [1.165, 1.54) is 4.90 Å². The van der Waals surface area contributed by atoms with Gasteiger partial charge in [-0.1, -0.05) is 11.6 Å². The van der Waals surface area contributed by atoms with Crippen molar-refractivity contribution < 1.29 is 29.0 Å². The Balaban J connectivity index is 1.66. The molecule has 2 amide bonds. The van der Waals surface area contributed by atoms with Gasteiger partial charge in [-0.25, -0.2) is 0 Å². The first-order chi connectivity index (χ1) is 14.4. The summed E-state index contributed by atoms with van der Waals surface area (Å²) in [4.78, 5) is 40.8. The smallest absolute Gasteiger partial charge is 0.312 e. The Hall–Kier alpha value is -2.16. The summed E-state index contributed by atoms with van der Waals surface area (Å²) in [5.74, 6) is -2.59. The molecule has 8 nitrogen and oxygen atoms in total. The van der Waals surface area contributed by atoms with Crippen molar-refractivity contribution in [1.82, 2.24) is 4.90 Å². The lowest BCUT2D eigenvalue weighted by Crippen LogP contribution is -2.53. The van der Waals surface area contributed by atoms with Crippen molar-refractivity contribution in [2.24, 2.45) is 11.8 Å². The van der Waals surface area contributed by atoms with Crippen LogP contribution in [-0.2, 0) is 23.9 Å². The highest BCUT2D eigenvalue weighted by Crippen LogP contribution is 2.58. The Morgan fingerprint density at radius 2 is 2.10 bits per heavy atom. The minimum Gasteiger partial charge on any atom is -0.466 e. The minimum absolute atomic E-state index is 0.113. The molecule has 5 atom stereocenters. The van der Waals surface area contributed by atoms with Crippen LogP contribution in [-0.4, -0.2) is 65.3 Å². The number of carbonyl (C=O) groups is 3. The fourth-order valence-electron chi connectivity index (χ4n) is 5.19. The molecule has 4 rings (SSSR count). The van der Waals surface area contributed by atoms with Crippen LogP contribution in [0, 0.1) is 11.8 Å². The molecular formula is C21H25ClN2O6. The summed E-state index contributed by atoms with van der Waals surface area (Å²) < 4.78 is 11.4. The fourth-order valence-corrected chi connectivity index (χ4v) is 5.31. The van der Waals surface area contributed by atoms with E-state index >= 15 is 0 Å². The number of halogens is 1. The van der Waals surface area contributed by atoms with Gasteiger partial charge in [0.05, 0.1) is 24.5 Å². The van der Waals surface area contributed by atoms with Gasteiger partial charge in [0.1, 0.15) is 11.6 Å². The zero-order valence-corrected chi connectivity index (χ0v) is 17.4. The number of ether oxygens (including phenoxy) is 2. The largest absolute Gasteiger partial charge is 0.466 e. The molecule has 2 N–H and O–H groups in total. The summed E-state index contributed by atoms with van der Waals surface area (Å²) in [6.07, 6.45) is 1.00. The number of nitrogens with one attached hydrogen (secondary N) is 1. The van der Waals surface area contributed by atoms with Crippen LogP contribution in [0.25, 0.3) is 0 Å². The molecule has 3 fully saturated rings. The monoisotopic (exact) mass is 436 g/mol. The Morgan fingerprint density at radius 3 is 2.77 bits per heavy atom. The van der Waals surface area contributed by atoms with Crippen molar-refractivity contribution in [3.05, 3.63) is 29.3 Å². The second kappa shape index (κ2) is 8.17. The molecule has 30 heavy (non-hydrogen) atoms. The first-order valence-electron chi connectivity index (χ1n) is 10.2. The molecule has 162 valence electrons. The maximum atomic E-state index is 13.4. The van der Waals surface area contributed by atoms with Crippen LogP contribution < -0.4 is 5.32 Å². The van der Waals surface area contributed by atoms with E-state index in [1.807, 2.05) is 0 Å². The maximum absolute atomic E-state index is 13.4. The summed E-state index contributed by atoms with van der Waals surface area (Å²) in [6, 6.07) is 5.80. The number of hydrogen-bond acceptors (Lipinski definition) is 6. The van der Waals surface area contributed by atoms with E-state index in [2.05, 4.69) is 5.32 Å². The number of nitrogens with zero attached hydrogens (tertiary/aromatic N) is 1. The topological polar surface area (TPSA) is 105 Å². The van der Waals surface area contributed by atoms with Gasteiger partial charge >= 0.3 is 5.97 Å². The van der Waals surface area contributed by atoms with Crippen LogP contribution in [0.3, 0.4) is 0 Å². The summed E-state index contributed by atoms with van der Waals surface area (Å²) in [7, 11) is 0. The molecule has 1 spiro atoms. The molecule has 0 aliphatic carbocycles. The number of amides is 2. The maximum Gasteiger partial charge on any atom is 0.312 e. The molecule has 0 radical (unpaired) electrons.